The lowest BCUT2D eigenvalue weighted by Crippen LogP contribution is -2.32. The summed E-state index contributed by atoms with van der Waals surface area (Å²) in [5, 5.41) is 6.51. The van der Waals surface area contributed by atoms with E-state index in [-0.39, 0.29) is 12.8 Å². The molecule has 4 aromatic rings. The summed E-state index contributed by atoms with van der Waals surface area (Å²) in [5.74, 6) is 0.788. The van der Waals surface area contributed by atoms with Gasteiger partial charge in [-0.1, -0.05) is 31.2 Å². The Balaban J connectivity index is 1.34. The standard InChI is InChI=1S/C24H23N3O2S/c1-3-17-6-4-5-7-21(17)29-15-25-24(28)26-19-11-9-18(10-12-19)23-27-20-13-8-16(2)14-22(20)30-23/h4-14H,3,15H2,1-2H3,(H2,25,26,28). The van der Waals surface area contributed by atoms with Crippen LogP contribution in [0, 0.1) is 6.92 Å². The molecular weight excluding hydrogens is 394 g/mol. The molecule has 0 fully saturated rings. The molecule has 2 amide bonds. The Morgan fingerprint density at radius 2 is 1.87 bits per heavy atom. The van der Waals surface area contributed by atoms with Crippen LogP contribution in [0.5, 0.6) is 5.75 Å². The van der Waals surface area contributed by atoms with E-state index in [1.165, 1.54) is 10.3 Å². The Morgan fingerprint density at radius 3 is 2.67 bits per heavy atom. The summed E-state index contributed by atoms with van der Waals surface area (Å²) in [6, 6.07) is 21.5. The molecule has 0 saturated carbocycles. The van der Waals surface area contributed by atoms with Gasteiger partial charge in [0.1, 0.15) is 10.8 Å². The summed E-state index contributed by atoms with van der Waals surface area (Å²) in [6.07, 6.45) is 0.878. The van der Waals surface area contributed by atoms with Crippen LogP contribution in [-0.4, -0.2) is 17.7 Å². The fourth-order valence-electron chi connectivity index (χ4n) is 3.14. The molecule has 1 heterocycles. The maximum absolute atomic E-state index is 12.1. The number of aryl methyl sites for hydroxylation is 2. The summed E-state index contributed by atoms with van der Waals surface area (Å²) in [7, 11) is 0. The quantitative estimate of drug-likeness (QED) is 0.379. The number of thiazole rings is 1. The molecule has 0 atom stereocenters. The number of para-hydroxylation sites is 1. The number of hydrogen-bond acceptors (Lipinski definition) is 4. The van der Waals surface area contributed by atoms with E-state index in [0.717, 1.165) is 33.8 Å². The van der Waals surface area contributed by atoms with Gasteiger partial charge in [0.2, 0.25) is 0 Å². The topological polar surface area (TPSA) is 63.2 Å². The molecule has 0 aliphatic carbocycles. The third-order valence-corrected chi connectivity index (χ3v) is 5.81. The number of fused-ring (bicyclic) bond motifs is 1. The number of urea groups is 1. The molecule has 0 spiro atoms. The van der Waals surface area contributed by atoms with Gasteiger partial charge >= 0.3 is 6.03 Å². The van der Waals surface area contributed by atoms with Gasteiger partial charge in [0.05, 0.1) is 10.2 Å². The highest BCUT2D eigenvalue weighted by Gasteiger charge is 2.08. The minimum atomic E-state index is -0.313. The van der Waals surface area contributed by atoms with Crippen LogP contribution in [0.1, 0.15) is 18.1 Å². The molecule has 6 heteroatoms. The molecule has 4 rings (SSSR count). The lowest BCUT2D eigenvalue weighted by molar-refractivity contribution is 0.234. The minimum Gasteiger partial charge on any atom is -0.473 e. The van der Waals surface area contributed by atoms with E-state index in [1.54, 1.807) is 11.3 Å². The first kappa shape index (κ1) is 19.9. The Bertz CT molecular complexity index is 1170. The lowest BCUT2D eigenvalue weighted by atomic mass is 10.1. The average Bonchev–Trinajstić information content (AvgIpc) is 3.18. The van der Waals surface area contributed by atoms with Crippen molar-refractivity contribution >= 4 is 33.3 Å². The molecule has 1 aromatic heterocycles. The van der Waals surface area contributed by atoms with E-state index >= 15 is 0 Å². The van der Waals surface area contributed by atoms with Crippen molar-refractivity contribution in [2.75, 3.05) is 12.0 Å². The molecule has 0 bridgehead atoms. The SMILES string of the molecule is CCc1ccccc1OCNC(=O)Nc1ccc(-c2nc3ccc(C)cc3s2)cc1. The molecule has 0 unspecified atom stereocenters. The fraction of sp³-hybridized carbons (Fsp3) is 0.167. The average molecular weight is 418 g/mol. The van der Waals surface area contributed by atoms with Crippen LogP contribution in [0.4, 0.5) is 10.5 Å². The summed E-state index contributed by atoms with van der Waals surface area (Å²) in [4.78, 5) is 16.8. The van der Waals surface area contributed by atoms with Gasteiger partial charge in [-0.2, -0.15) is 0 Å². The molecule has 5 nitrogen and oxygen atoms in total. The third-order valence-electron chi connectivity index (χ3n) is 4.75. The molecule has 0 aliphatic rings. The minimum absolute atomic E-state index is 0.103. The van der Waals surface area contributed by atoms with Crippen LogP contribution in [0.3, 0.4) is 0 Å². The van der Waals surface area contributed by atoms with Gasteiger partial charge in [0, 0.05) is 11.3 Å². The number of carbonyl (C=O) groups is 1. The van der Waals surface area contributed by atoms with Crippen molar-refractivity contribution < 1.29 is 9.53 Å². The molecule has 0 saturated heterocycles. The van der Waals surface area contributed by atoms with Gasteiger partial charge < -0.3 is 15.4 Å². The first-order valence-electron chi connectivity index (χ1n) is 9.85. The number of nitrogens with one attached hydrogen (secondary N) is 2. The third kappa shape index (κ3) is 4.60. The van der Waals surface area contributed by atoms with Crippen molar-refractivity contribution in [3.63, 3.8) is 0 Å². The van der Waals surface area contributed by atoms with Gasteiger partial charge in [-0.05, 0) is 66.9 Å². The van der Waals surface area contributed by atoms with Gasteiger partial charge in [-0.15, -0.1) is 11.3 Å². The lowest BCUT2D eigenvalue weighted by Gasteiger charge is -2.12. The molecule has 2 N–H and O–H groups in total. The Hall–Kier alpha value is -3.38. The summed E-state index contributed by atoms with van der Waals surface area (Å²) < 4.78 is 6.85. The number of benzene rings is 3. The summed E-state index contributed by atoms with van der Waals surface area (Å²) >= 11 is 1.67. The molecular formula is C24H23N3O2S. The van der Waals surface area contributed by atoms with Gasteiger partial charge in [0.25, 0.3) is 0 Å². The zero-order chi connectivity index (χ0) is 20.9. The highest BCUT2D eigenvalue weighted by molar-refractivity contribution is 7.21. The van der Waals surface area contributed by atoms with Crippen molar-refractivity contribution in [1.29, 1.82) is 0 Å². The monoisotopic (exact) mass is 417 g/mol. The predicted molar refractivity (Wildman–Crippen MR) is 123 cm³/mol. The van der Waals surface area contributed by atoms with Crippen LogP contribution < -0.4 is 15.4 Å². The zero-order valence-corrected chi connectivity index (χ0v) is 17.8. The Labute approximate surface area is 179 Å². The van der Waals surface area contributed by atoms with Crippen LogP contribution >= 0.6 is 11.3 Å². The number of hydrogen-bond donors (Lipinski definition) is 2. The van der Waals surface area contributed by atoms with Crippen LogP contribution in [0.15, 0.2) is 66.7 Å². The van der Waals surface area contributed by atoms with E-state index in [4.69, 9.17) is 9.72 Å². The first-order chi connectivity index (χ1) is 14.6. The number of carbonyl (C=O) groups excluding carboxylic acids is 1. The Kier molecular flexibility index (Phi) is 5.95. The highest BCUT2D eigenvalue weighted by atomic mass is 32.1. The van der Waals surface area contributed by atoms with Crippen molar-refractivity contribution in [3.05, 3.63) is 77.9 Å². The van der Waals surface area contributed by atoms with Crippen molar-refractivity contribution in [2.45, 2.75) is 20.3 Å². The second kappa shape index (κ2) is 8.97. The second-order valence-electron chi connectivity index (χ2n) is 6.95. The first-order valence-corrected chi connectivity index (χ1v) is 10.7. The number of anilines is 1. The largest absolute Gasteiger partial charge is 0.473 e. The van der Waals surface area contributed by atoms with E-state index < -0.39 is 0 Å². The Morgan fingerprint density at radius 1 is 1.07 bits per heavy atom. The van der Waals surface area contributed by atoms with Crippen LogP contribution in [0.2, 0.25) is 0 Å². The summed E-state index contributed by atoms with van der Waals surface area (Å²) in [6.45, 7) is 4.26. The molecule has 30 heavy (non-hydrogen) atoms. The number of nitrogens with zero attached hydrogens (tertiary/aromatic N) is 1. The number of aromatic nitrogens is 1. The highest BCUT2D eigenvalue weighted by Crippen LogP contribution is 2.31. The number of amides is 2. The fourth-order valence-corrected chi connectivity index (χ4v) is 4.21. The maximum Gasteiger partial charge on any atom is 0.321 e. The second-order valence-corrected chi connectivity index (χ2v) is 7.98. The van der Waals surface area contributed by atoms with Gasteiger partial charge in [-0.25, -0.2) is 9.78 Å². The van der Waals surface area contributed by atoms with E-state index in [9.17, 15) is 4.79 Å². The zero-order valence-electron chi connectivity index (χ0n) is 16.9. The van der Waals surface area contributed by atoms with Gasteiger partial charge in [0.15, 0.2) is 6.73 Å². The van der Waals surface area contributed by atoms with Gasteiger partial charge in [-0.3, -0.25) is 0 Å². The normalized spacial score (nSPS) is 10.7. The molecule has 152 valence electrons. The van der Waals surface area contributed by atoms with E-state index in [1.807, 2.05) is 54.6 Å². The van der Waals surface area contributed by atoms with Crippen molar-refractivity contribution in [3.8, 4) is 16.3 Å². The van der Waals surface area contributed by atoms with E-state index in [0.29, 0.717) is 5.69 Å². The summed E-state index contributed by atoms with van der Waals surface area (Å²) in [5.41, 5.74) is 5.08. The predicted octanol–water partition coefficient (Wildman–Crippen LogP) is 5.99. The van der Waals surface area contributed by atoms with Crippen molar-refractivity contribution in [1.82, 2.24) is 10.3 Å². The smallest absolute Gasteiger partial charge is 0.321 e. The van der Waals surface area contributed by atoms with Crippen molar-refractivity contribution in [2.24, 2.45) is 0 Å². The number of ether oxygens (including phenoxy) is 1. The molecule has 3 aromatic carbocycles. The molecule has 0 aliphatic heterocycles. The van der Waals surface area contributed by atoms with Crippen LogP contribution in [-0.2, 0) is 6.42 Å². The van der Waals surface area contributed by atoms with E-state index in [2.05, 4.69) is 36.6 Å². The number of rotatable bonds is 6. The molecule has 0 radical (unpaired) electrons. The van der Waals surface area contributed by atoms with Crippen LogP contribution in [0.25, 0.3) is 20.8 Å². The maximum atomic E-state index is 12.1.